The molecule has 2 nitrogen and oxygen atoms in total. The van der Waals surface area contributed by atoms with Crippen LogP contribution in [0, 0.1) is 10.8 Å². The number of carbonyl (C=O) groups excluding carboxylic acids is 2. The third-order valence-electron chi connectivity index (χ3n) is 3.45. The van der Waals surface area contributed by atoms with Crippen LogP contribution >= 0.6 is 11.6 Å². The second-order valence-electron chi connectivity index (χ2n) is 7.64. The van der Waals surface area contributed by atoms with E-state index in [-0.39, 0.29) is 18.0 Å². The first-order chi connectivity index (χ1) is 9.91. The van der Waals surface area contributed by atoms with E-state index >= 15 is 0 Å². The number of allylic oxidation sites excluding steroid dienone is 2. The van der Waals surface area contributed by atoms with E-state index in [1.165, 1.54) is 0 Å². The average molecular weight is 321 g/mol. The van der Waals surface area contributed by atoms with Crippen LogP contribution in [0.15, 0.2) is 30.3 Å². The summed E-state index contributed by atoms with van der Waals surface area (Å²) in [5.41, 5.74) is 0.703. The monoisotopic (exact) mass is 320 g/mol. The van der Waals surface area contributed by atoms with Crippen molar-refractivity contribution in [3.63, 3.8) is 0 Å². The van der Waals surface area contributed by atoms with Gasteiger partial charge < -0.3 is 0 Å². The first kappa shape index (κ1) is 18.6. The van der Waals surface area contributed by atoms with Crippen molar-refractivity contribution in [2.24, 2.45) is 10.8 Å². The van der Waals surface area contributed by atoms with Gasteiger partial charge in [0.05, 0.1) is 0 Å². The van der Waals surface area contributed by atoms with Gasteiger partial charge in [0, 0.05) is 22.3 Å². The van der Waals surface area contributed by atoms with Gasteiger partial charge in [0.1, 0.15) is 5.78 Å². The van der Waals surface area contributed by atoms with Gasteiger partial charge in [-0.15, -0.1) is 0 Å². The minimum atomic E-state index is -0.470. The van der Waals surface area contributed by atoms with Gasteiger partial charge in [-0.1, -0.05) is 65.3 Å². The molecule has 0 aliphatic rings. The molecule has 0 atom stereocenters. The zero-order valence-electron chi connectivity index (χ0n) is 14.3. The quantitative estimate of drug-likeness (QED) is 0.701. The molecule has 0 aromatic heterocycles. The van der Waals surface area contributed by atoms with Crippen molar-refractivity contribution < 1.29 is 9.59 Å². The van der Waals surface area contributed by atoms with Crippen molar-refractivity contribution in [3.8, 4) is 0 Å². The van der Waals surface area contributed by atoms with Crippen molar-refractivity contribution >= 4 is 28.7 Å². The number of Topliss-reactive ketones (excluding diaryl/α,β-unsaturated/α-hetero) is 1. The molecule has 0 spiro atoms. The summed E-state index contributed by atoms with van der Waals surface area (Å²) >= 11 is 5.92. The highest BCUT2D eigenvalue weighted by Gasteiger charge is 2.25. The van der Waals surface area contributed by atoms with E-state index in [2.05, 4.69) is 0 Å². The smallest absolute Gasteiger partial charge is 0.161 e. The van der Waals surface area contributed by atoms with Gasteiger partial charge in [-0.25, -0.2) is 0 Å². The molecule has 22 heavy (non-hydrogen) atoms. The van der Waals surface area contributed by atoms with E-state index in [0.717, 1.165) is 11.1 Å². The summed E-state index contributed by atoms with van der Waals surface area (Å²) in [5.74, 6) is 0.120. The number of benzene rings is 1. The summed E-state index contributed by atoms with van der Waals surface area (Å²) in [6.45, 7) is 11.3. The lowest BCUT2D eigenvalue weighted by Crippen LogP contribution is -2.21. The summed E-state index contributed by atoms with van der Waals surface area (Å²) in [5, 5.41) is 0.632. The molecule has 0 aliphatic heterocycles. The van der Waals surface area contributed by atoms with Crippen LogP contribution in [0.2, 0.25) is 5.02 Å². The molecule has 0 saturated heterocycles. The molecule has 0 fully saturated rings. The molecule has 1 aromatic rings. The number of carbonyl (C=O) groups is 2. The molecule has 3 heteroatoms. The minimum absolute atomic E-state index is 0.0131. The van der Waals surface area contributed by atoms with Crippen molar-refractivity contribution in [1.82, 2.24) is 0 Å². The fourth-order valence-electron chi connectivity index (χ4n) is 1.71. The number of halogens is 1. The number of hydrogen-bond acceptors (Lipinski definition) is 2. The maximum Gasteiger partial charge on any atom is 0.161 e. The molecule has 0 saturated carbocycles. The van der Waals surface area contributed by atoms with Crippen LogP contribution in [-0.2, 0) is 9.59 Å². The van der Waals surface area contributed by atoms with Gasteiger partial charge in [-0.2, -0.15) is 0 Å². The van der Waals surface area contributed by atoms with Crippen LogP contribution in [0.3, 0.4) is 0 Å². The molecule has 1 rings (SSSR count). The molecule has 0 amide bonds. The minimum Gasteiger partial charge on any atom is -0.299 e. The van der Waals surface area contributed by atoms with Gasteiger partial charge in [0.15, 0.2) is 5.78 Å². The Kier molecular flexibility index (Phi) is 5.75. The highest BCUT2D eigenvalue weighted by Crippen LogP contribution is 2.28. The number of hydrogen-bond donors (Lipinski definition) is 0. The summed E-state index contributed by atoms with van der Waals surface area (Å²) in [7, 11) is 0. The van der Waals surface area contributed by atoms with E-state index < -0.39 is 10.8 Å². The molecule has 120 valence electrons. The van der Waals surface area contributed by atoms with Crippen molar-refractivity contribution in [2.45, 2.75) is 48.0 Å². The summed E-state index contributed by atoms with van der Waals surface area (Å²) in [6.07, 6.45) is 1.85. The van der Waals surface area contributed by atoms with E-state index in [1.54, 1.807) is 18.2 Å². The highest BCUT2D eigenvalue weighted by atomic mass is 35.5. The van der Waals surface area contributed by atoms with Crippen molar-refractivity contribution in [3.05, 3.63) is 40.9 Å². The van der Waals surface area contributed by atoms with Crippen molar-refractivity contribution in [1.29, 1.82) is 0 Å². The molecule has 1 aromatic carbocycles. The number of ketones is 2. The zero-order chi connectivity index (χ0) is 17.1. The van der Waals surface area contributed by atoms with Crippen LogP contribution in [0.25, 0.3) is 5.57 Å². The van der Waals surface area contributed by atoms with Crippen LogP contribution < -0.4 is 0 Å². The average Bonchev–Trinajstić information content (AvgIpc) is 2.36. The Bertz CT molecular complexity index is 581. The lowest BCUT2D eigenvalue weighted by molar-refractivity contribution is -0.125. The SMILES string of the molecule is CC(C)(C)C(=O)/C=C(/CC(=O)C(C)(C)C)c1ccc(Cl)cc1. The third kappa shape index (κ3) is 5.42. The molecule has 0 unspecified atom stereocenters. The maximum atomic E-state index is 12.4. The molecular weight excluding hydrogens is 296 g/mol. The Balaban J connectivity index is 3.22. The van der Waals surface area contributed by atoms with Crippen LogP contribution in [-0.4, -0.2) is 11.6 Å². The normalized spacial score (nSPS) is 13.1. The van der Waals surface area contributed by atoms with E-state index in [0.29, 0.717) is 5.02 Å². The third-order valence-corrected chi connectivity index (χ3v) is 3.70. The number of rotatable bonds is 4. The van der Waals surface area contributed by atoms with Gasteiger partial charge in [-0.3, -0.25) is 9.59 Å². The van der Waals surface area contributed by atoms with E-state index in [1.807, 2.05) is 53.7 Å². The fourth-order valence-corrected chi connectivity index (χ4v) is 1.84. The molecule has 0 aliphatic carbocycles. The van der Waals surface area contributed by atoms with E-state index in [9.17, 15) is 9.59 Å². The highest BCUT2D eigenvalue weighted by molar-refractivity contribution is 6.30. The molecule has 0 heterocycles. The van der Waals surface area contributed by atoms with Gasteiger partial charge in [0.25, 0.3) is 0 Å². The predicted octanol–water partition coefficient (Wildman–Crippen LogP) is 5.34. The summed E-state index contributed by atoms with van der Waals surface area (Å²) < 4.78 is 0. The standard InChI is InChI=1S/C19H25ClO2/c1-18(2,3)16(21)11-14(12-17(22)19(4,5)6)13-7-9-15(20)10-8-13/h7-11H,12H2,1-6H3/b14-11-. The molecule has 0 N–H and O–H groups in total. The van der Waals surface area contributed by atoms with Gasteiger partial charge in [-0.05, 0) is 29.3 Å². The van der Waals surface area contributed by atoms with Crippen LogP contribution in [0.4, 0.5) is 0 Å². The Morgan fingerprint density at radius 3 is 1.86 bits per heavy atom. The predicted molar refractivity (Wildman–Crippen MR) is 93.0 cm³/mol. The van der Waals surface area contributed by atoms with Crippen LogP contribution in [0.1, 0.15) is 53.5 Å². The lowest BCUT2D eigenvalue weighted by Gasteiger charge is -2.19. The van der Waals surface area contributed by atoms with Gasteiger partial charge in [0.2, 0.25) is 0 Å². The first-order valence-electron chi connectivity index (χ1n) is 7.45. The first-order valence-corrected chi connectivity index (χ1v) is 7.83. The topological polar surface area (TPSA) is 34.1 Å². The Hall–Kier alpha value is -1.41. The second kappa shape index (κ2) is 6.78. The maximum absolute atomic E-state index is 12.4. The molecule has 0 radical (unpaired) electrons. The Morgan fingerprint density at radius 1 is 0.955 bits per heavy atom. The molecular formula is C19H25ClO2. The Labute approximate surface area is 138 Å². The van der Waals surface area contributed by atoms with Crippen LogP contribution in [0.5, 0.6) is 0 Å². The molecule has 0 bridgehead atoms. The second-order valence-corrected chi connectivity index (χ2v) is 8.08. The summed E-state index contributed by atoms with van der Waals surface area (Å²) in [4.78, 5) is 24.7. The van der Waals surface area contributed by atoms with E-state index in [4.69, 9.17) is 11.6 Å². The fraction of sp³-hybridized carbons (Fsp3) is 0.474. The van der Waals surface area contributed by atoms with Crippen molar-refractivity contribution in [2.75, 3.05) is 0 Å². The zero-order valence-corrected chi connectivity index (χ0v) is 15.0. The Morgan fingerprint density at radius 2 is 1.45 bits per heavy atom. The lowest BCUT2D eigenvalue weighted by atomic mass is 9.83. The summed E-state index contributed by atoms with van der Waals surface area (Å²) in [6, 6.07) is 7.24. The largest absolute Gasteiger partial charge is 0.299 e. The van der Waals surface area contributed by atoms with Gasteiger partial charge >= 0.3 is 0 Å².